The standard InChI is InChI=1S/C22H31N3O/c1-2-24(20-13-7-4-8-14-20)17-9-10-18-25-22(26)21(15-16-23-25)19-11-5-3-6-12-19/h3,5-6,11-12,15-16,20H,2,4,7-10,13-14,17-18H2,1H3. The van der Waals surface area contributed by atoms with Crippen molar-refractivity contribution in [3.63, 3.8) is 0 Å². The Morgan fingerprint density at radius 2 is 1.85 bits per heavy atom. The second-order valence-electron chi connectivity index (χ2n) is 7.27. The molecule has 0 spiro atoms. The van der Waals surface area contributed by atoms with Crippen LogP contribution in [0.1, 0.15) is 51.9 Å². The van der Waals surface area contributed by atoms with Crippen molar-refractivity contribution in [3.05, 3.63) is 52.9 Å². The average molecular weight is 354 g/mol. The van der Waals surface area contributed by atoms with E-state index in [0.717, 1.165) is 43.1 Å². The Labute approximate surface area is 156 Å². The lowest BCUT2D eigenvalue weighted by Gasteiger charge is -2.33. The molecule has 4 nitrogen and oxygen atoms in total. The van der Waals surface area contributed by atoms with E-state index >= 15 is 0 Å². The molecule has 140 valence electrons. The van der Waals surface area contributed by atoms with Gasteiger partial charge in [0.05, 0.1) is 5.56 Å². The van der Waals surface area contributed by atoms with Crippen LogP contribution in [0.3, 0.4) is 0 Å². The zero-order chi connectivity index (χ0) is 18.2. The molecule has 1 aromatic heterocycles. The van der Waals surface area contributed by atoms with E-state index < -0.39 is 0 Å². The Morgan fingerprint density at radius 1 is 1.08 bits per heavy atom. The predicted molar refractivity (Wildman–Crippen MR) is 107 cm³/mol. The maximum Gasteiger partial charge on any atom is 0.274 e. The quantitative estimate of drug-likeness (QED) is 0.662. The molecule has 1 aliphatic carbocycles. The third kappa shape index (κ3) is 4.82. The van der Waals surface area contributed by atoms with Gasteiger partial charge in [0, 0.05) is 18.8 Å². The first-order valence-electron chi connectivity index (χ1n) is 10.1. The van der Waals surface area contributed by atoms with E-state index in [1.807, 2.05) is 36.4 Å². The van der Waals surface area contributed by atoms with Crippen LogP contribution in [-0.4, -0.2) is 33.8 Å². The molecule has 1 aliphatic rings. The van der Waals surface area contributed by atoms with Gasteiger partial charge in [-0.15, -0.1) is 0 Å². The monoisotopic (exact) mass is 353 g/mol. The predicted octanol–water partition coefficient (Wildman–Crippen LogP) is 4.35. The van der Waals surface area contributed by atoms with Crippen LogP contribution in [0.4, 0.5) is 0 Å². The van der Waals surface area contributed by atoms with Crippen molar-refractivity contribution >= 4 is 0 Å². The lowest BCUT2D eigenvalue weighted by Crippen LogP contribution is -2.37. The highest BCUT2D eigenvalue weighted by Gasteiger charge is 2.19. The molecular formula is C22H31N3O. The number of rotatable bonds is 8. The summed E-state index contributed by atoms with van der Waals surface area (Å²) in [6.07, 6.45) is 10.7. The van der Waals surface area contributed by atoms with Gasteiger partial charge in [-0.1, -0.05) is 56.5 Å². The van der Waals surface area contributed by atoms with Crippen LogP contribution in [0.15, 0.2) is 47.4 Å². The molecule has 4 heteroatoms. The summed E-state index contributed by atoms with van der Waals surface area (Å²) in [5.41, 5.74) is 1.71. The van der Waals surface area contributed by atoms with Crippen LogP contribution >= 0.6 is 0 Å². The molecule has 2 aromatic rings. The van der Waals surface area contributed by atoms with Crippen molar-refractivity contribution in [1.82, 2.24) is 14.7 Å². The van der Waals surface area contributed by atoms with Gasteiger partial charge in [-0.05, 0) is 50.4 Å². The summed E-state index contributed by atoms with van der Waals surface area (Å²) in [6.45, 7) is 5.23. The summed E-state index contributed by atoms with van der Waals surface area (Å²) in [5, 5.41) is 4.28. The molecule has 26 heavy (non-hydrogen) atoms. The first-order valence-corrected chi connectivity index (χ1v) is 10.1. The number of nitrogens with zero attached hydrogens (tertiary/aromatic N) is 3. The van der Waals surface area contributed by atoms with E-state index in [4.69, 9.17) is 0 Å². The van der Waals surface area contributed by atoms with E-state index in [1.165, 1.54) is 32.1 Å². The van der Waals surface area contributed by atoms with Gasteiger partial charge in [0.25, 0.3) is 5.56 Å². The van der Waals surface area contributed by atoms with Gasteiger partial charge in [-0.25, -0.2) is 4.68 Å². The minimum Gasteiger partial charge on any atom is -0.301 e. The Balaban J connectivity index is 1.54. The average Bonchev–Trinajstić information content (AvgIpc) is 2.70. The molecule has 1 fully saturated rings. The third-order valence-corrected chi connectivity index (χ3v) is 5.56. The summed E-state index contributed by atoms with van der Waals surface area (Å²) in [7, 11) is 0. The van der Waals surface area contributed by atoms with Gasteiger partial charge in [0.15, 0.2) is 0 Å². The highest BCUT2D eigenvalue weighted by atomic mass is 16.1. The molecular weight excluding hydrogens is 322 g/mol. The van der Waals surface area contributed by atoms with Crippen LogP contribution in [0, 0.1) is 0 Å². The summed E-state index contributed by atoms with van der Waals surface area (Å²) in [4.78, 5) is 15.3. The highest BCUT2D eigenvalue weighted by molar-refractivity contribution is 5.61. The second kappa shape index (κ2) is 9.67. The van der Waals surface area contributed by atoms with Crippen LogP contribution in [0.25, 0.3) is 11.1 Å². The van der Waals surface area contributed by atoms with Gasteiger partial charge in [0.2, 0.25) is 0 Å². The van der Waals surface area contributed by atoms with Crippen LogP contribution in [0.5, 0.6) is 0 Å². The number of unbranched alkanes of at least 4 members (excludes halogenated alkanes) is 1. The minimum atomic E-state index is 0.0123. The first kappa shape index (κ1) is 18.8. The summed E-state index contributed by atoms with van der Waals surface area (Å²) >= 11 is 0. The summed E-state index contributed by atoms with van der Waals surface area (Å²) in [6, 6.07) is 12.4. The normalized spacial score (nSPS) is 15.5. The molecule has 1 saturated carbocycles. The van der Waals surface area contributed by atoms with Crippen molar-refractivity contribution in [2.45, 2.75) is 64.5 Å². The van der Waals surface area contributed by atoms with E-state index in [1.54, 1.807) is 10.9 Å². The lowest BCUT2D eigenvalue weighted by atomic mass is 9.94. The lowest BCUT2D eigenvalue weighted by molar-refractivity contribution is 0.160. The van der Waals surface area contributed by atoms with Crippen molar-refractivity contribution in [1.29, 1.82) is 0 Å². The van der Waals surface area contributed by atoms with Crippen LogP contribution in [-0.2, 0) is 6.54 Å². The maximum atomic E-state index is 12.7. The zero-order valence-electron chi connectivity index (χ0n) is 15.9. The van der Waals surface area contributed by atoms with E-state index in [0.29, 0.717) is 6.54 Å². The minimum absolute atomic E-state index is 0.0123. The highest BCUT2D eigenvalue weighted by Crippen LogP contribution is 2.22. The van der Waals surface area contributed by atoms with Gasteiger partial charge in [-0.3, -0.25) is 4.79 Å². The number of benzene rings is 1. The van der Waals surface area contributed by atoms with Crippen molar-refractivity contribution in [3.8, 4) is 11.1 Å². The molecule has 0 atom stereocenters. The molecule has 0 aliphatic heterocycles. The molecule has 1 heterocycles. The summed E-state index contributed by atoms with van der Waals surface area (Å²) < 4.78 is 1.62. The Kier molecular flexibility index (Phi) is 7.01. The number of aryl methyl sites for hydroxylation is 1. The SMILES string of the molecule is CCN(CCCCn1nccc(-c2ccccc2)c1=O)C1CCCCC1. The Bertz CT molecular complexity index is 720. The smallest absolute Gasteiger partial charge is 0.274 e. The van der Waals surface area contributed by atoms with E-state index in [-0.39, 0.29) is 5.56 Å². The van der Waals surface area contributed by atoms with Crippen LogP contribution in [0.2, 0.25) is 0 Å². The van der Waals surface area contributed by atoms with Crippen molar-refractivity contribution < 1.29 is 0 Å². The maximum absolute atomic E-state index is 12.7. The third-order valence-electron chi connectivity index (χ3n) is 5.56. The summed E-state index contributed by atoms with van der Waals surface area (Å²) in [5.74, 6) is 0. The molecule has 0 N–H and O–H groups in total. The van der Waals surface area contributed by atoms with Crippen LogP contribution < -0.4 is 5.56 Å². The largest absolute Gasteiger partial charge is 0.301 e. The zero-order valence-corrected chi connectivity index (χ0v) is 15.9. The second-order valence-corrected chi connectivity index (χ2v) is 7.27. The Hall–Kier alpha value is -1.94. The molecule has 0 radical (unpaired) electrons. The van der Waals surface area contributed by atoms with E-state index in [2.05, 4.69) is 16.9 Å². The fourth-order valence-corrected chi connectivity index (χ4v) is 4.07. The molecule has 0 amide bonds. The number of hydrogen-bond acceptors (Lipinski definition) is 3. The fraction of sp³-hybridized carbons (Fsp3) is 0.545. The molecule has 0 bridgehead atoms. The molecule has 1 aromatic carbocycles. The number of aromatic nitrogens is 2. The Morgan fingerprint density at radius 3 is 2.58 bits per heavy atom. The number of hydrogen-bond donors (Lipinski definition) is 0. The van der Waals surface area contributed by atoms with Gasteiger partial charge in [0.1, 0.15) is 0 Å². The van der Waals surface area contributed by atoms with E-state index in [9.17, 15) is 4.79 Å². The molecule has 0 unspecified atom stereocenters. The van der Waals surface area contributed by atoms with Gasteiger partial charge in [-0.2, -0.15) is 5.10 Å². The molecule has 3 rings (SSSR count). The molecule has 0 saturated heterocycles. The van der Waals surface area contributed by atoms with Gasteiger partial charge >= 0.3 is 0 Å². The van der Waals surface area contributed by atoms with Crippen molar-refractivity contribution in [2.75, 3.05) is 13.1 Å². The van der Waals surface area contributed by atoms with Crippen molar-refractivity contribution in [2.24, 2.45) is 0 Å². The fourth-order valence-electron chi connectivity index (χ4n) is 4.07. The first-order chi connectivity index (χ1) is 12.8. The topological polar surface area (TPSA) is 38.1 Å². The van der Waals surface area contributed by atoms with Gasteiger partial charge < -0.3 is 4.90 Å².